The number of carboxylic acids is 1. The molecule has 0 fully saturated rings. The van der Waals surface area contributed by atoms with Gasteiger partial charge >= 0.3 is 5.97 Å². The first kappa shape index (κ1) is 22.8. The van der Waals surface area contributed by atoms with Crippen molar-refractivity contribution in [3.8, 4) is 11.5 Å². The highest BCUT2D eigenvalue weighted by Crippen LogP contribution is 2.31. The maximum absolute atomic E-state index is 10.8. The van der Waals surface area contributed by atoms with Crippen LogP contribution in [0.5, 0.6) is 11.5 Å². The number of hydrogen-bond donors (Lipinski definition) is 1. The van der Waals surface area contributed by atoms with E-state index in [1.807, 2.05) is 18.2 Å². The molecule has 2 aromatic rings. The topological polar surface area (TPSA) is 59.0 Å². The Morgan fingerprint density at radius 1 is 1.07 bits per heavy atom. The summed E-state index contributed by atoms with van der Waals surface area (Å²) in [5.41, 5.74) is 6.04. The van der Waals surface area contributed by atoms with Crippen LogP contribution in [0.3, 0.4) is 0 Å². The van der Waals surface area contributed by atoms with Gasteiger partial charge in [0.1, 0.15) is 6.61 Å². The Morgan fingerprint density at radius 3 is 2.21 bits per heavy atom. The molecule has 0 heterocycles. The number of rotatable bonds is 8. The number of likely N-dealkylation sites (N-methyl/N-ethyl adjacent to an activating group) is 1. The molecule has 0 aliphatic carbocycles. The van der Waals surface area contributed by atoms with Crippen molar-refractivity contribution in [2.24, 2.45) is 0 Å². The maximum atomic E-state index is 10.8. The van der Waals surface area contributed by atoms with E-state index >= 15 is 0 Å². The van der Waals surface area contributed by atoms with E-state index in [0.717, 1.165) is 5.56 Å². The smallest absolute Gasteiger partial charge is 0.317 e. The fourth-order valence-corrected chi connectivity index (χ4v) is 3.33. The van der Waals surface area contributed by atoms with Crippen molar-refractivity contribution in [3.63, 3.8) is 0 Å². The van der Waals surface area contributed by atoms with Crippen LogP contribution in [0.15, 0.2) is 30.3 Å². The van der Waals surface area contributed by atoms with Crippen molar-refractivity contribution in [1.82, 2.24) is 4.90 Å². The summed E-state index contributed by atoms with van der Waals surface area (Å²) in [5.74, 6) is 0.478. The predicted molar refractivity (Wildman–Crippen MR) is 116 cm³/mol. The molecule has 29 heavy (non-hydrogen) atoms. The average Bonchev–Trinajstić information content (AvgIpc) is 2.60. The van der Waals surface area contributed by atoms with E-state index < -0.39 is 5.97 Å². The maximum Gasteiger partial charge on any atom is 0.317 e. The number of carboxylic acid groups (broad SMARTS) is 1. The molecule has 0 unspecified atom stereocenters. The van der Waals surface area contributed by atoms with Gasteiger partial charge in [-0.25, -0.2) is 0 Å². The number of aryl methyl sites for hydroxylation is 2. The minimum absolute atomic E-state index is 0.0102. The Balaban J connectivity index is 2.15. The summed E-state index contributed by atoms with van der Waals surface area (Å²) in [4.78, 5) is 12.6. The lowest BCUT2D eigenvalue weighted by Gasteiger charge is -2.22. The Labute approximate surface area is 174 Å². The largest absolute Gasteiger partial charge is 0.493 e. The van der Waals surface area contributed by atoms with E-state index in [9.17, 15) is 4.79 Å². The van der Waals surface area contributed by atoms with Crippen molar-refractivity contribution in [2.45, 2.75) is 53.2 Å². The van der Waals surface area contributed by atoms with Gasteiger partial charge in [0.2, 0.25) is 0 Å². The van der Waals surface area contributed by atoms with Gasteiger partial charge in [0.25, 0.3) is 0 Å². The average molecular weight is 400 g/mol. The molecular weight excluding hydrogens is 366 g/mol. The summed E-state index contributed by atoms with van der Waals surface area (Å²) in [6.07, 6.45) is 0. The van der Waals surface area contributed by atoms with Crippen LogP contribution in [0.4, 0.5) is 0 Å². The second-order valence-corrected chi connectivity index (χ2v) is 8.68. The van der Waals surface area contributed by atoms with Gasteiger partial charge in [-0.15, -0.1) is 0 Å². The summed E-state index contributed by atoms with van der Waals surface area (Å²) >= 11 is 0. The van der Waals surface area contributed by atoms with Crippen molar-refractivity contribution in [1.29, 1.82) is 0 Å². The third kappa shape index (κ3) is 6.23. The van der Waals surface area contributed by atoms with Gasteiger partial charge in [-0.05, 0) is 66.3 Å². The van der Waals surface area contributed by atoms with Crippen LogP contribution < -0.4 is 9.47 Å². The van der Waals surface area contributed by atoms with Crippen LogP contribution in [0, 0.1) is 13.8 Å². The van der Waals surface area contributed by atoms with Gasteiger partial charge < -0.3 is 14.6 Å². The summed E-state index contributed by atoms with van der Waals surface area (Å²) in [6.45, 7) is 11.9. The van der Waals surface area contributed by atoms with Gasteiger partial charge in [0, 0.05) is 6.54 Å². The van der Waals surface area contributed by atoms with Gasteiger partial charge in [0.15, 0.2) is 11.5 Å². The van der Waals surface area contributed by atoms with Gasteiger partial charge in [-0.2, -0.15) is 0 Å². The Morgan fingerprint density at radius 2 is 1.69 bits per heavy atom. The number of benzene rings is 2. The third-order valence-corrected chi connectivity index (χ3v) is 5.02. The van der Waals surface area contributed by atoms with Crippen LogP contribution in [-0.4, -0.2) is 36.7 Å². The highest BCUT2D eigenvalue weighted by molar-refractivity contribution is 5.69. The number of hydrogen-bond acceptors (Lipinski definition) is 4. The summed E-state index contributed by atoms with van der Waals surface area (Å²) in [5, 5.41) is 8.90. The standard InChI is InChI=1S/C24H33NO4/c1-16-10-19(24(3,4)5)11-17(2)20(16)15-29-21-9-8-18(12-22(21)28-7)13-25(6)14-23(26)27/h8-12H,13-15H2,1-7H3,(H,26,27). The fourth-order valence-electron chi connectivity index (χ4n) is 3.33. The Bertz CT molecular complexity index is 845. The van der Waals surface area contributed by atoms with Crippen LogP contribution in [0.25, 0.3) is 0 Å². The molecule has 0 saturated heterocycles. The van der Waals surface area contributed by atoms with Gasteiger partial charge in [-0.3, -0.25) is 9.69 Å². The molecule has 1 N–H and O–H groups in total. The molecule has 0 aliphatic heterocycles. The minimum Gasteiger partial charge on any atom is -0.493 e. The molecule has 2 rings (SSSR count). The molecule has 5 nitrogen and oxygen atoms in total. The zero-order valence-electron chi connectivity index (χ0n) is 18.6. The molecule has 0 saturated carbocycles. The fraction of sp³-hybridized carbons (Fsp3) is 0.458. The van der Waals surface area contributed by atoms with Crippen molar-refractivity contribution >= 4 is 5.97 Å². The van der Waals surface area contributed by atoms with E-state index in [4.69, 9.17) is 14.6 Å². The van der Waals surface area contributed by atoms with Crippen molar-refractivity contribution < 1.29 is 19.4 Å². The molecule has 2 aromatic carbocycles. The zero-order chi connectivity index (χ0) is 21.8. The van der Waals surface area contributed by atoms with Crippen LogP contribution >= 0.6 is 0 Å². The lowest BCUT2D eigenvalue weighted by atomic mass is 9.84. The first-order chi connectivity index (χ1) is 13.5. The molecule has 0 bridgehead atoms. The van der Waals surface area contributed by atoms with E-state index in [1.165, 1.54) is 22.3 Å². The van der Waals surface area contributed by atoms with Crippen LogP contribution in [0.1, 0.15) is 48.6 Å². The molecule has 0 atom stereocenters. The highest BCUT2D eigenvalue weighted by Gasteiger charge is 2.17. The van der Waals surface area contributed by atoms with Crippen molar-refractivity contribution in [2.75, 3.05) is 20.7 Å². The van der Waals surface area contributed by atoms with Crippen molar-refractivity contribution in [3.05, 3.63) is 58.1 Å². The monoisotopic (exact) mass is 399 g/mol. The molecular formula is C24H33NO4. The lowest BCUT2D eigenvalue weighted by molar-refractivity contribution is -0.138. The zero-order valence-corrected chi connectivity index (χ0v) is 18.6. The molecule has 0 amide bonds. The van der Waals surface area contributed by atoms with Gasteiger partial charge in [-0.1, -0.05) is 39.0 Å². The van der Waals surface area contributed by atoms with Crippen LogP contribution in [0.2, 0.25) is 0 Å². The van der Waals surface area contributed by atoms with Crippen LogP contribution in [-0.2, 0) is 23.4 Å². The van der Waals surface area contributed by atoms with E-state index in [2.05, 4.69) is 46.8 Å². The predicted octanol–water partition coefficient (Wildman–Crippen LogP) is 4.70. The molecule has 0 radical (unpaired) electrons. The van der Waals surface area contributed by atoms with Gasteiger partial charge in [0.05, 0.1) is 13.7 Å². The second-order valence-electron chi connectivity index (χ2n) is 8.68. The van der Waals surface area contributed by atoms with E-state index in [-0.39, 0.29) is 12.0 Å². The first-order valence-corrected chi connectivity index (χ1v) is 9.82. The summed E-state index contributed by atoms with van der Waals surface area (Å²) in [6, 6.07) is 10.2. The normalized spacial score (nSPS) is 11.6. The summed E-state index contributed by atoms with van der Waals surface area (Å²) < 4.78 is 11.6. The molecule has 158 valence electrons. The highest BCUT2D eigenvalue weighted by atomic mass is 16.5. The quantitative estimate of drug-likeness (QED) is 0.697. The number of nitrogens with zero attached hydrogens (tertiary/aromatic N) is 1. The number of ether oxygens (including phenoxy) is 2. The number of methoxy groups -OCH3 is 1. The molecule has 0 aromatic heterocycles. The Kier molecular flexibility index (Phi) is 7.31. The first-order valence-electron chi connectivity index (χ1n) is 9.82. The molecule has 5 heteroatoms. The minimum atomic E-state index is -0.845. The molecule has 0 spiro atoms. The second kappa shape index (κ2) is 9.31. The SMILES string of the molecule is COc1cc(CN(C)CC(=O)O)ccc1OCc1c(C)cc(C(C)(C)C)cc1C. The summed E-state index contributed by atoms with van der Waals surface area (Å²) in [7, 11) is 3.39. The third-order valence-electron chi connectivity index (χ3n) is 5.02. The Hall–Kier alpha value is -2.53. The number of aliphatic carboxylic acids is 1. The molecule has 0 aliphatic rings. The number of carbonyl (C=O) groups is 1. The lowest BCUT2D eigenvalue weighted by Crippen LogP contribution is -2.25. The van der Waals surface area contributed by atoms with E-state index in [1.54, 1.807) is 19.1 Å². The van der Waals surface area contributed by atoms with E-state index in [0.29, 0.717) is 24.7 Å².